The molecule has 0 aromatic heterocycles. The van der Waals surface area contributed by atoms with Crippen LogP contribution >= 0.6 is 22.6 Å². The second-order valence-electron chi connectivity index (χ2n) is 8.52. The van der Waals surface area contributed by atoms with Crippen LogP contribution in [0.5, 0.6) is 11.5 Å². The first-order valence-corrected chi connectivity index (χ1v) is 12.2. The standard InChI is InChI=1S/C23H30F3IN2O7/c1-12(2)22(34)29(11-23(24,25)26)16-8-14(21(33)28-4-5-30)9-17(19(16)32)36-20-15(27)6-13(10-31)7-18(20)35-3/h6-7,9,12,16-17,19,30-32H,4-5,8,10-11H2,1-3H3,(H,28,33)/t16-,17+,19+/m1/s1. The largest absolute Gasteiger partial charge is 0.493 e. The van der Waals surface area contributed by atoms with Crippen molar-refractivity contribution in [1.82, 2.24) is 10.2 Å². The van der Waals surface area contributed by atoms with Crippen molar-refractivity contribution in [1.29, 1.82) is 0 Å². The molecule has 0 aliphatic heterocycles. The maximum absolute atomic E-state index is 13.4. The molecule has 13 heteroatoms. The average Bonchev–Trinajstić information content (AvgIpc) is 2.81. The summed E-state index contributed by atoms with van der Waals surface area (Å²) in [6.45, 7) is 0.533. The van der Waals surface area contributed by atoms with Crippen LogP contribution in [0.15, 0.2) is 23.8 Å². The van der Waals surface area contributed by atoms with Gasteiger partial charge in [-0.1, -0.05) is 13.8 Å². The molecule has 202 valence electrons. The van der Waals surface area contributed by atoms with E-state index in [9.17, 15) is 33.0 Å². The van der Waals surface area contributed by atoms with E-state index in [1.54, 1.807) is 6.07 Å². The third-order valence-corrected chi connectivity index (χ3v) is 6.27. The lowest BCUT2D eigenvalue weighted by molar-refractivity contribution is -0.174. The molecule has 0 fully saturated rings. The Morgan fingerprint density at radius 3 is 2.47 bits per heavy atom. The van der Waals surface area contributed by atoms with Gasteiger partial charge in [-0.3, -0.25) is 9.59 Å². The number of aliphatic hydroxyl groups excluding tert-OH is 3. The number of hydrogen-bond donors (Lipinski definition) is 4. The molecule has 0 unspecified atom stereocenters. The van der Waals surface area contributed by atoms with Crippen LogP contribution in [0.1, 0.15) is 25.8 Å². The minimum Gasteiger partial charge on any atom is -0.493 e. The first kappa shape index (κ1) is 30.1. The number of rotatable bonds is 10. The molecule has 0 saturated carbocycles. The summed E-state index contributed by atoms with van der Waals surface area (Å²) in [5, 5.41) is 32.0. The second kappa shape index (κ2) is 12.9. The molecule has 2 amide bonds. The smallest absolute Gasteiger partial charge is 0.406 e. The van der Waals surface area contributed by atoms with Gasteiger partial charge in [-0.25, -0.2) is 0 Å². The fourth-order valence-electron chi connectivity index (χ4n) is 3.78. The van der Waals surface area contributed by atoms with Crippen LogP contribution in [-0.4, -0.2) is 83.3 Å². The van der Waals surface area contributed by atoms with Gasteiger partial charge in [0.15, 0.2) is 11.5 Å². The third kappa shape index (κ3) is 7.70. The minimum atomic E-state index is -4.75. The second-order valence-corrected chi connectivity index (χ2v) is 9.68. The van der Waals surface area contributed by atoms with Crippen molar-refractivity contribution in [3.05, 3.63) is 32.9 Å². The summed E-state index contributed by atoms with van der Waals surface area (Å²) in [5.74, 6) is -1.97. The molecule has 1 aliphatic carbocycles. The van der Waals surface area contributed by atoms with Gasteiger partial charge in [0, 0.05) is 24.5 Å². The number of alkyl halides is 3. The van der Waals surface area contributed by atoms with Crippen molar-refractivity contribution in [3.63, 3.8) is 0 Å². The summed E-state index contributed by atoms with van der Waals surface area (Å²) in [4.78, 5) is 26.0. The molecule has 9 nitrogen and oxygen atoms in total. The number of ether oxygens (including phenoxy) is 2. The van der Waals surface area contributed by atoms with Gasteiger partial charge >= 0.3 is 6.18 Å². The predicted molar refractivity (Wildman–Crippen MR) is 131 cm³/mol. The number of aliphatic hydroxyl groups is 3. The van der Waals surface area contributed by atoms with Gasteiger partial charge in [0.05, 0.1) is 29.9 Å². The molecule has 3 atom stereocenters. The lowest BCUT2D eigenvalue weighted by Gasteiger charge is -2.41. The average molecular weight is 630 g/mol. The summed E-state index contributed by atoms with van der Waals surface area (Å²) in [6.07, 6.45) is -6.77. The Bertz CT molecular complexity index is 972. The number of hydrogen-bond acceptors (Lipinski definition) is 7. The number of carbonyl (C=O) groups excluding carboxylic acids is 2. The zero-order valence-electron chi connectivity index (χ0n) is 20.0. The molecule has 0 bridgehead atoms. The van der Waals surface area contributed by atoms with E-state index in [2.05, 4.69) is 5.32 Å². The van der Waals surface area contributed by atoms with Crippen molar-refractivity contribution in [2.45, 2.75) is 51.3 Å². The van der Waals surface area contributed by atoms with E-state index in [0.717, 1.165) is 0 Å². The van der Waals surface area contributed by atoms with E-state index >= 15 is 0 Å². The fraction of sp³-hybridized carbons (Fsp3) is 0.565. The summed E-state index contributed by atoms with van der Waals surface area (Å²) in [7, 11) is 1.36. The molecular weight excluding hydrogens is 600 g/mol. The quantitative estimate of drug-likeness (QED) is 0.290. The van der Waals surface area contributed by atoms with Crippen LogP contribution in [0.2, 0.25) is 0 Å². The SMILES string of the molecule is COc1cc(CO)cc(I)c1O[C@H]1C=C(C(=O)NCCO)C[C@@H](N(CC(F)(F)F)C(=O)C(C)C)[C@@H]1O. The minimum absolute atomic E-state index is 0.00608. The highest BCUT2D eigenvalue weighted by atomic mass is 127. The van der Waals surface area contributed by atoms with Crippen LogP contribution < -0.4 is 14.8 Å². The van der Waals surface area contributed by atoms with E-state index in [-0.39, 0.29) is 43.3 Å². The monoisotopic (exact) mass is 630 g/mol. The Morgan fingerprint density at radius 2 is 1.94 bits per heavy atom. The lowest BCUT2D eigenvalue weighted by atomic mass is 9.87. The van der Waals surface area contributed by atoms with Crippen LogP contribution in [0, 0.1) is 9.49 Å². The highest BCUT2D eigenvalue weighted by Crippen LogP contribution is 2.37. The van der Waals surface area contributed by atoms with Crippen molar-refractivity contribution in [3.8, 4) is 11.5 Å². The predicted octanol–water partition coefficient (Wildman–Crippen LogP) is 1.75. The van der Waals surface area contributed by atoms with Crippen molar-refractivity contribution < 1.29 is 47.6 Å². The van der Waals surface area contributed by atoms with Crippen molar-refractivity contribution >= 4 is 34.4 Å². The normalized spacial score (nSPS) is 20.1. The molecule has 0 saturated heterocycles. The number of amides is 2. The van der Waals surface area contributed by atoms with Gasteiger partial charge in [0.2, 0.25) is 11.8 Å². The maximum atomic E-state index is 13.4. The van der Waals surface area contributed by atoms with Gasteiger partial charge in [-0.2, -0.15) is 13.2 Å². The molecule has 36 heavy (non-hydrogen) atoms. The summed E-state index contributed by atoms with van der Waals surface area (Å²) in [6, 6.07) is 1.68. The highest BCUT2D eigenvalue weighted by Gasteiger charge is 2.45. The molecular formula is C23H30F3IN2O7. The summed E-state index contributed by atoms with van der Waals surface area (Å²) >= 11 is 1.92. The van der Waals surface area contributed by atoms with Crippen LogP contribution in [0.25, 0.3) is 0 Å². The number of nitrogens with zero attached hydrogens (tertiary/aromatic N) is 1. The number of benzene rings is 1. The Morgan fingerprint density at radius 1 is 1.28 bits per heavy atom. The zero-order chi connectivity index (χ0) is 27.2. The fourth-order valence-corrected chi connectivity index (χ4v) is 4.57. The Balaban J connectivity index is 2.55. The van der Waals surface area contributed by atoms with Crippen molar-refractivity contribution in [2.75, 3.05) is 26.8 Å². The van der Waals surface area contributed by atoms with E-state index in [1.165, 1.54) is 33.1 Å². The first-order chi connectivity index (χ1) is 16.8. The molecule has 0 radical (unpaired) electrons. The van der Waals surface area contributed by atoms with Crippen LogP contribution in [0.4, 0.5) is 13.2 Å². The van der Waals surface area contributed by atoms with Gasteiger partial charge in [0.1, 0.15) is 18.8 Å². The highest BCUT2D eigenvalue weighted by molar-refractivity contribution is 14.1. The number of nitrogens with one attached hydrogen (secondary N) is 1. The molecule has 1 aliphatic rings. The Hall–Kier alpha value is -2.10. The molecule has 0 spiro atoms. The number of carbonyl (C=O) groups is 2. The molecule has 2 rings (SSSR count). The van der Waals surface area contributed by atoms with Crippen molar-refractivity contribution in [2.24, 2.45) is 5.92 Å². The lowest BCUT2D eigenvalue weighted by Crippen LogP contribution is -2.57. The van der Waals surface area contributed by atoms with Gasteiger partial charge in [-0.15, -0.1) is 0 Å². The van der Waals surface area contributed by atoms with Gasteiger partial charge in [0.25, 0.3) is 0 Å². The molecule has 1 aromatic rings. The topological polar surface area (TPSA) is 129 Å². The van der Waals surface area contributed by atoms with E-state index in [4.69, 9.17) is 14.6 Å². The first-order valence-electron chi connectivity index (χ1n) is 11.1. The Labute approximate surface area is 220 Å². The molecule has 4 N–H and O–H groups in total. The van der Waals surface area contributed by atoms with Crippen LogP contribution in [0.3, 0.4) is 0 Å². The van der Waals surface area contributed by atoms with E-state index in [0.29, 0.717) is 14.0 Å². The molecule has 0 heterocycles. The summed E-state index contributed by atoms with van der Waals surface area (Å²) < 4.78 is 52.1. The third-order valence-electron chi connectivity index (χ3n) is 5.47. The Kier molecular flexibility index (Phi) is 10.8. The number of methoxy groups -OCH3 is 1. The number of halogens is 4. The van der Waals surface area contributed by atoms with Gasteiger partial charge in [-0.05, 0) is 46.4 Å². The van der Waals surface area contributed by atoms with E-state index in [1.807, 2.05) is 22.6 Å². The molecule has 1 aromatic carbocycles. The maximum Gasteiger partial charge on any atom is 0.406 e. The van der Waals surface area contributed by atoms with E-state index < -0.39 is 48.7 Å². The zero-order valence-corrected chi connectivity index (χ0v) is 22.2. The van der Waals surface area contributed by atoms with Crippen LogP contribution in [-0.2, 0) is 16.2 Å². The summed E-state index contributed by atoms with van der Waals surface area (Å²) in [5.41, 5.74) is 0.512. The van der Waals surface area contributed by atoms with Gasteiger partial charge < -0.3 is 35.0 Å².